The summed E-state index contributed by atoms with van der Waals surface area (Å²) in [7, 11) is 1.88. The molecule has 2 aromatic rings. The van der Waals surface area contributed by atoms with Crippen molar-refractivity contribution in [3.8, 4) is 5.75 Å². The summed E-state index contributed by atoms with van der Waals surface area (Å²) in [4.78, 5) is 1.00. The fourth-order valence-electron chi connectivity index (χ4n) is 1.36. The van der Waals surface area contributed by atoms with Gasteiger partial charge < -0.3 is 10.4 Å². The summed E-state index contributed by atoms with van der Waals surface area (Å²) in [5.41, 5.74) is 0. The van der Waals surface area contributed by atoms with Crippen LogP contribution in [-0.4, -0.2) is 12.2 Å². The molecule has 0 saturated carbocycles. The van der Waals surface area contributed by atoms with E-state index in [1.54, 1.807) is 11.3 Å². The van der Waals surface area contributed by atoms with Crippen LogP contribution < -0.4 is 5.32 Å². The molecule has 68 valence electrons. The number of benzene rings is 1. The quantitative estimate of drug-likeness (QED) is 0.767. The highest BCUT2D eigenvalue weighted by atomic mass is 32.1. The van der Waals surface area contributed by atoms with Gasteiger partial charge in [-0.25, -0.2) is 0 Å². The van der Waals surface area contributed by atoms with E-state index >= 15 is 0 Å². The van der Waals surface area contributed by atoms with Gasteiger partial charge in [0.15, 0.2) is 0 Å². The summed E-state index contributed by atoms with van der Waals surface area (Å²) in [5, 5.41) is 13.8. The number of rotatable bonds is 2. The molecule has 3 heteroatoms. The van der Waals surface area contributed by atoms with Crippen molar-refractivity contribution in [2.24, 2.45) is 0 Å². The summed E-state index contributed by atoms with van der Waals surface area (Å²) >= 11 is 1.64. The molecule has 0 aliphatic carbocycles. The van der Waals surface area contributed by atoms with Crippen molar-refractivity contribution in [1.82, 2.24) is 5.32 Å². The molecule has 2 rings (SSSR count). The number of hydrogen-bond donors (Lipinski definition) is 2. The molecule has 2 N–H and O–H groups in total. The fourth-order valence-corrected chi connectivity index (χ4v) is 2.47. The Balaban J connectivity index is 2.60. The highest BCUT2D eigenvalue weighted by Crippen LogP contribution is 2.36. The van der Waals surface area contributed by atoms with E-state index in [-0.39, 0.29) is 0 Å². The number of fused-ring (bicyclic) bond motifs is 1. The van der Waals surface area contributed by atoms with E-state index < -0.39 is 0 Å². The minimum absolute atomic E-state index is 0.426. The van der Waals surface area contributed by atoms with E-state index in [1.165, 1.54) is 0 Å². The molecular weight excluding hydrogens is 182 g/mol. The lowest BCUT2D eigenvalue weighted by atomic mass is 10.2. The van der Waals surface area contributed by atoms with Gasteiger partial charge in [0.2, 0.25) is 0 Å². The first-order chi connectivity index (χ1) is 6.33. The molecule has 0 saturated heterocycles. The smallest absolute Gasteiger partial charge is 0.138 e. The third-order valence-corrected chi connectivity index (χ3v) is 3.14. The van der Waals surface area contributed by atoms with Crippen molar-refractivity contribution in [2.75, 3.05) is 7.05 Å². The number of aromatic hydroxyl groups is 1. The average Bonchev–Trinajstić information content (AvgIpc) is 2.46. The van der Waals surface area contributed by atoms with Gasteiger partial charge in [0.25, 0.3) is 0 Å². The van der Waals surface area contributed by atoms with Crippen molar-refractivity contribution in [1.29, 1.82) is 0 Å². The lowest BCUT2D eigenvalue weighted by Crippen LogP contribution is -2.02. The zero-order valence-corrected chi connectivity index (χ0v) is 8.19. The SMILES string of the molecule is CNCc1sc2ccccc2c1O. The van der Waals surface area contributed by atoms with E-state index in [2.05, 4.69) is 5.32 Å². The maximum Gasteiger partial charge on any atom is 0.138 e. The Labute approximate surface area is 80.8 Å². The van der Waals surface area contributed by atoms with Crippen LogP contribution in [0.15, 0.2) is 24.3 Å². The molecule has 0 aliphatic rings. The van der Waals surface area contributed by atoms with Gasteiger partial charge in [0.05, 0.1) is 4.88 Å². The van der Waals surface area contributed by atoms with E-state index in [0.29, 0.717) is 5.75 Å². The predicted octanol–water partition coefficient (Wildman–Crippen LogP) is 2.33. The minimum atomic E-state index is 0.426. The van der Waals surface area contributed by atoms with Gasteiger partial charge in [0.1, 0.15) is 5.75 Å². The molecule has 1 aromatic carbocycles. The molecule has 0 fully saturated rings. The van der Waals surface area contributed by atoms with Crippen molar-refractivity contribution in [3.05, 3.63) is 29.1 Å². The van der Waals surface area contributed by atoms with Crippen molar-refractivity contribution < 1.29 is 5.11 Å². The zero-order chi connectivity index (χ0) is 9.26. The lowest BCUT2D eigenvalue weighted by molar-refractivity contribution is 0.476. The molecule has 0 unspecified atom stereocenters. The molecule has 2 nitrogen and oxygen atoms in total. The monoisotopic (exact) mass is 193 g/mol. The highest BCUT2D eigenvalue weighted by Gasteiger charge is 2.08. The van der Waals surface area contributed by atoms with E-state index in [0.717, 1.165) is 21.5 Å². The van der Waals surface area contributed by atoms with Crippen LogP contribution in [0.1, 0.15) is 4.88 Å². The number of nitrogens with one attached hydrogen (secondary N) is 1. The largest absolute Gasteiger partial charge is 0.506 e. The van der Waals surface area contributed by atoms with Gasteiger partial charge >= 0.3 is 0 Å². The molecule has 13 heavy (non-hydrogen) atoms. The topological polar surface area (TPSA) is 32.3 Å². The zero-order valence-electron chi connectivity index (χ0n) is 7.37. The Hall–Kier alpha value is -1.06. The second kappa shape index (κ2) is 3.36. The van der Waals surface area contributed by atoms with E-state index in [4.69, 9.17) is 0 Å². The first kappa shape index (κ1) is 8.53. The van der Waals surface area contributed by atoms with Gasteiger partial charge in [-0.3, -0.25) is 0 Å². The summed E-state index contributed by atoms with van der Waals surface area (Å²) in [5.74, 6) is 0.426. The van der Waals surface area contributed by atoms with Gasteiger partial charge in [-0.1, -0.05) is 12.1 Å². The Kier molecular flexibility index (Phi) is 2.20. The number of hydrogen-bond acceptors (Lipinski definition) is 3. The molecule has 0 atom stereocenters. The fraction of sp³-hybridized carbons (Fsp3) is 0.200. The van der Waals surface area contributed by atoms with Crippen molar-refractivity contribution in [2.45, 2.75) is 6.54 Å². The summed E-state index contributed by atoms with van der Waals surface area (Å²) in [6.07, 6.45) is 0. The molecule has 1 heterocycles. The van der Waals surface area contributed by atoms with Gasteiger partial charge in [-0.2, -0.15) is 0 Å². The summed E-state index contributed by atoms with van der Waals surface area (Å²) in [6, 6.07) is 7.90. The van der Waals surface area contributed by atoms with Crippen molar-refractivity contribution in [3.63, 3.8) is 0 Å². The average molecular weight is 193 g/mol. The molecular formula is C10H11NOS. The van der Waals surface area contributed by atoms with Crippen LogP contribution in [0.25, 0.3) is 10.1 Å². The molecule has 0 aliphatic heterocycles. The Morgan fingerprint density at radius 2 is 2.15 bits per heavy atom. The van der Waals surface area contributed by atoms with Crippen LogP contribution in [0.4, 0.5) is 0 Å². The second-order valence-electron chi connectivity index (χ2n) is 2.90. The third-order valence-electron chi connectivity index (χ3n) is 1.98. The van der Waals surface area contributed by atoms with Crippen LogP contribution in [0, 0.1) is 0 Å². The van der Waals surface area contributed by atoms with Crippen LogP contribution in [-0.2, 0) is 6.54 Å². The van der Waals surface area contributed by atoms with Gasteiger partial charge in [-0.05, 0) is 19.2 Å². The normalized spacial score (nSPS) is 10.8. The molecule has 0 amide bonds. The van der Waals surface area contributed by atoms with Crippen LogP contribution in [0.3, 0.4) is 0 Å². The van der Waals surface area contributed by atoms with E-state index in [9.17, 15) is 5.11 Å². The Morgan fingerprint density at radius 1 is 1.38 bits per heavy atom. The first-order valence-electron chi connectivity index (χ1n) is 4.17. The standard InChI is InChI=1S/C10H11NOS/c1-11-6-9-10(12)7-4-2-3-5-8(7)13-9/h2-5,11-12H,6H2,1H3. The molecule has 1 aromatic heterocycles. The van der Waals surface area contributed by atoms with Crippen molar-refractivity contribution >= 4 is 21.4 Å². The second-order valence-corrected chi connectivity index (χ2v) is 4.04. The van der Waals surface area contributed by atoms with Crippen LogP contribution in [0.2, 0.25) is 0 Å². The summed E-state index contributed by atoms with van der Waals surface area (Å²) < 4.78 is 1.14. The van der Waals surface area contributed by atoms with Crippen LogP contribution >= 0.6 is 11.3 Å². The van der Waals surface area contributed by atoms with Gasteiger partial charge in [0, 0.05) is 16.6 Å². The van der Waals surface area contributed by atoms with Crippen LogP contribution in [0.5, 0.6) is 5.75 Å². The molecule has 0 bridgehead atoms. The Morgan fingerprint density at radius 3 is 2.85 bits per heavy atom. The molecule has 0 spiro atoms. The lowest BCUT2D eigenvalue weighted by Gasteiger charge is -1.94. The highest BCUT2D eigenvalue weighted by molar-refractivity contribution is 7.19. The maximum absolute atomic E-state index is 9.79. The molecule has 0 radical (unpaired) electrons. The first-order valence-corrected chi connectivity index (χ1v) is 4.98. The third kappa shape index (κ3) is 1.41. The Bertz CT molecular complexity index is 422. The number of thiophene rings is 1. The van der Waals surface area contributed by atoms with E-state index in [1.807, 2.05) is 31.3 Å². The minimum Gasteiger partial charge on any atom is -0.506 e. The van der Waals surface area contributed by atoms with Gasteiger partial charge in [-0.15, -0.1) is 11.3 Å². The predicted molar refractivity (Wildman–Crippen MR) is 56.3 cm³/mol. The maximum atomic E-state index is 9.79. The summed E-state index contributed by atoms with van der Waals surface area (Å²) in [6.45, 7) is 0.727.